The number of nitrogens with zero attached hydrogens (tertiary/aromatic N) is 1. The van der Waals surface area contributed by atoms with Crippen molar-refractivity contribution in [2.75, 3.05) is 0 Å². The largest absolute Gasteiger partial charge is 0.236 e. The molecular formula is C15H14NP. The van der Waals surface area contributed by atoms with E-state index in [1.165, 1.54) is 16.7 Å². The smallest absolute Gasteiger partial charge is 0.0672 e. The molecule has 2 heteroatoms. The Kier molecular flexibility index (Phi) is 3.85. The van der Waals surface area contributed by atoms with Crippen LogP contribution in [0.5, 0.6) is 0 Å². The fourth-order valence-electron chi connectivity index (χ4n) is 1.53. The maximum Gasteiger partial charge on any atom is 0.0672 e. The molecule has 0 radical (unpaired) electrons. The molecule has 0 unspecified atom stereocenters. The van der Waals surface area contributed by atoms with Crippen molar-refractivity contribution in [2.24, 2.45) is 4.74 Å². The second-order valence-corrected chi connectivity index (χ2v) is 4.17. The van der Waals surface area contributed by atoms with Crippen LogP contribution in [0.15, 0.2) is 53.3 Å². The average molecular weight is 239 g/mol. The van der Waals surface area contributed by atoms with Crippen LogP contribution < -0.4 is 0 Å². The van der Waals surface area contributed by atoms with Crippen molar-refractivity contribution in [3.8, 4) is 0 Å². The van der Waals surface area contributed by atoms with Gasteiger partial charge < -0.3 is 0 Å². The van der Waals surface area contributed by atoms with Gasteiger partial charge in [0.2, 0.25) is 0 Å². The first-order valence-corrected chi connectivity index (χ1v) is 5.95. The molecule has 0 saturated heterocycles. The lowest BCUT2D eigenvalue weighted by molar-refractivity contribution is 1.46. The van der Waals surface area contributed by atoms with Crippen LogP contribution in [0.4, 0.5) is 5.69 Å². The van der Waals surface area contributed by atoms with Crippen LogP contribution in [0.2, 0.25) is 0 Å². The van der Waals surface area contributed by atoms with Gasteiger partial charge in [-0.2, -0.15) is 0 Å². The van der Waals surface area contributed by atoms with Crippen molar-refractivity contribution in [3.05, 3.63) is 65.2 Å². The fourth-order valence-corrected chi connectivity index (χ4v) is 1.68. The second-order valence-electron chi connectivity index (χ2n) is 3.95. The standard InChI is InChI=1S/C15H14NP/c1-12-2-4-13(5-3-12)6-7-14-8-10-15(16-17)11-9-14/h2-11,17H,1H3/b7-6+. The summed E-state index contributed by atoms with van der Waals surface area (Å²) in [6, 6.07) is 16.5. The summed E-state index contributed by atoms with van der Waals surface area (Å²) in [6.45, 7) is 2.09. The lowest BCUT2D eigenvalue weighted by atomic mass is 10.1. The van der Waals surface area contributed by atoms with E-state index in [9.17, 15) is 0 Å². The van der Waals surface area contributed by atoms with Crippen LogP contribution >= 0.6 is 9.03 Å². The van der Waals surface area contributed by atoms with Crippen molar-refractivity contribution in [1.82, 2.24) is 0 Å². The van der Waals surface area contributed by atoms with E-state index >= 15 is 0 Å². The van der Waals surface area contributed by atoms with Crippen LogP contribution in [-0.4, -0.2) is 0 Å². The zero-order valence-corrected chi connectivity index (χ0v) is 10.7. The van der Waals surface area contributed by atoms with Crippen LogP contribution in [0, 0.1) is 6.92 Å². The fraction of sp³-hybridized carbons (Fsp3) is 0.0667. The van der Waals surface area contributed by atoms with E-state index in [4.69, 9.17) is 0 Å². The predicted octanol–water partition coefficient (Wildman–Crippen LogP) is 5.12. The summed E-state index contributed by atoms with van der Waals surface area (Å²) in [5.41, 5.74) is 4.59. The Balaban J connectivity index is 2.14. The molecule has 0 saturated carbocycles. The minimum absolute atomic E-state index is 0.925. The first kappa shape index (κ1) is 11.8. The highest BCUT2D eigenvalue weighted by molar-refractivity contribution is 7.04. The lowest BCUT2D eigenvalue weighted by Gasteiger charge is -1.96. The average Bonchev–Trinajstić information content (AvgIpc) is 2.39. The number of benzene rings is 2. The molecule has 17 heavy (non-hydrogen) atoms. The van der Waals surface area contributed by atoms with Crippen LogP contribution in [0.1, 0.15) is 16.7 Å². The van der Waals surface area contributed by atoms with Crippen molar-refractivity contribution < 1.29 is 0 Å². The molecule has 2 rings (SSSR count). The highest BCUT2D eigenvalue weighted by Gasteiger charge is 1.90. The molecule has 0 bridgehead atoms. The molecule has 0 N–H and O–H groups in total. The first-order chi connectivity index (χ1) is 8.28. The second kappa shape index (κ2) is 5.56. The Bertz CT molecular complexity index is 524. The molecule has 2 aromatic rings. The maximum atomic E-state index is 3.92. The molecule has 84 valence electrons. The summed E-state index contributed by atoms with van der Waals surface area (Å²) < 4.78 is 3.92. The van der Waals surface area contributed by atoms with Gasteiger partial charge in [0, 0.05) is 0 Å². The van der Waals surface area contributed by atoms with Crippen LogP contribution in [0.25, 0.3) is 12.2 Å². The minimum atomic E-state index is 0.925. The number of aryl methyl sites for hydroxylation is 1. The van der Waals surface area contributed by atoms with E-state index in [-0.39, 0.29) is 0 Å². The van der Waals surface area contributed by atoms with Crippen molar-refractivity contribution in [3.63, 3.8) is 0 Å². The van der Waals surface area contributed by atoms with Gasteiger partial charge in [0.05, 0.1) is 5.69 Å². The number of hydrogen-bond acceptors (Lipinski definition) is 1. The van der Waals surface area contributed by atoms with E-state index in [1.54, 1.807) is 0 Å². The highest BCUT2D eigenvalue weighted by atomic mass is 31.0. The SMILES string of the molecule is Cc1ccc(/C=C/c2ccc(N=P)cc2)cc1. The number of rotatable bonds is 3. The Hall–Kier alpha value is -1.72. The molecule has 0 amide bonds. The Morgan fingerprint density at radius 3 is 1.76 bits per heavy atom. The molecule has 0 aliphatic rings. The molecule has 0 heterocycles. The third kappa shape index (κ3) is 3.37. The molecule has 0 fully saturated rings. The van der Waals surface area contributed by atoms with E-state index in [2.05, 4.69) is 57.1 Å². The van der Waals surface area contributed by atoms with Gasteiger partial charge in [-0.15, -0.1) is 0 Å². The normalized spacial score (nSPS) is 10.6. The molecular weight excluding hydrogens is 225 g/mol. The molecule has 0 atom stereocenters. The molecule has 1 nitrogen and oxygen atoms in total. The summed E-state index contributed by atoms with van der Waals surface area (Å²) in [5, 5.41) is 0. The molecule has 2 aromatic carbocycles. The van der Waals surface area contributed by atoms with Crippen molar-refractivity contribution in [2.45, 2.75) is 6.92 Å². The topological polar surface area (TPSA) is 12.4 Å². The predicted molar refractivity (Wildman–Crippen MR) is 77.0 cm³/mol. The van der Waals surface area contributed by atoms with Gasteiger partial charge >= 0.3 is 0 Å². The quantitative estimate of drug-likeness (QED) is 0.520. The Morgan fingerprint density at radius 2 is 1.29 bits per heavy atom. The van der Waals surface area contributed by atoms with E-state index in [0.717, 1.165) is 5.69 Å². The van der Waals surface area contributed by atoms with E-state index < -0.39 is 0 Å². The zero-order valence-electron chi connectivity index (χ0n) is 9.72. The third-order valence-electron chi connectivity index (χ3n) is 2.57. The monoisotopic (exact) mass is 239 g/mol. The van der Waals surface area contributed by atoms with Gasteiger partial charge in [-0.25, -0.2) is 4.74 Å². The third-order valence-corrected chi connectivity index (χ3v) is 2.83. The molecule has 0 aliphatic carbocycles. The van der Waals surface area contributed by atoms with E-state index in [0.29, 0.717) is 0 Å². The van der Waals surface area contributed by atoms with Gasteiger partial charge in [0.15, 0.2) is 0 Å². The van der Waals surface area contributed by atoms with Gasteiger partial charge in [0.1, 0.15) is 0 Å². The summed E-state index contributed by atoms with van der Waals surface area (Å²) >= 11 is 0. The minimum Gasteiger partial charge on any atom is -0.236 e. The lowest BCUT2D eigenvalue weighted by Crippen LogP contribution is -1.74. The number of hydrogen-bond donors (Lipinski definition) is 0. The van der Waals surface area contributed by atoms with Gasteiger partial charge in [0.25, 0.3) is 0 Å². The van der Waals surface area contributed by atoms with Crippen LogP contribution in [0.3, 0.4) is 0 Å². The summed E-state index contributed by atoms with van der Waals surface area (Å²) in [4.78, 5) is 0. The summed E-state index contributed by atoms with van der Waals surface area (Å²) in [6.07, 6.45) is 4.21. The van der Waals surface area contributed by atoms with E-state index in [1.807, 2.05) is 24.3 Å². The zero-order chi connectivity index (χ0) is 12.1. The van der Waals surface area contributed by atoms with Crippen molar-refractivity contribution >= 4 is 26.9 Å². The maximum absolute atomic E-state index is 3.92. The summed E-state index contributed by atoms with van der Waals surface area (Å²) in [5.74, 6) is 0. The Morgan fingerprint density at radius 1 is 0.824 bits per heavy atom. The van der Waals surface area contributed by atoms with Crippen LogP contribution in [-0.2, 0) is 0 Å². The molecule has 0 aliphatic heterocycles. The van der Waals surface area contributed by atoms with Gasteiger partial charge in [-0.05, 0) is 39.2 Å². The van der Waals surface area contributed by atoms with Gasteiger partial charge in [-0.1, -0.05) is 54.1 Å². The highest BCUT2D eigenvalue weighted by Crippen LogP contribution is 2.16. The first-order valence-electron chi connectivity index (χ1n) is 5.50. The molecule has 0 aromatic heterocycles. The molecule has 0 spiro atoms. The van der Waals surface area contributed by atoms with Gasteiger partial charge in [-0.3, -0.25) is 0 Å². The summed E-state index contributed by atoms with van der Waals surface area (Å²) in [7, 11) is 3.12. The van der Waals surface area contributed by atoms with Crippen molar-refractivity contribution in [1.29, 1.82) is 0 Å². The Labute approximate surface area is 104 Å².